The van der Waals surface area contributed by atoms with Gasteiger partial charge in [-0.05, 0) is 43.4 Å². The predicted octanol–water partition coefficient (Wildman–Crippen LogP) is 3.82. The lowest BCUT2D eigenvalue weighted by Gasteiger charge is -2.38. The maximum Gasteiger partial charge on any atom is 0.156 e. The lowest BCUT2D eigenvalue weighted by molar-refractivity contribution is 0.232. The second-order valence-electron chi connectivity index (χ2n) is 6.73. The summed E-state index contributed by atoms with van der Waals surface area (Å²) >= 11 is 2.00. The fraction of sp³-hybridized carbons (Fsp3) is 0.933. The fourth-order valence-electron chi connectivity index (χ4n) is 3.76. The average Bonchev–Trinajstić information content (AvgIpc) is 2.79. The molecule has 0 saturated heterocycles. The van der Waals surface area contributed by atoms with Gasteiger partial charge in [-0.15, -0.1) is 0 Å². The van der Waals surface area contributed by atoms with Gasteiger partial charge in [-0.1, -0.05) is 37.9 Å². The Morgan fingerprint density at radius 2 is 2.06 bits per heavy atom. The summed E-state index contributed by atoms with van der Waals surface area (Å²) < 4.78 is 0. The predicted molar refractivity (Wildman–Crippen MR) is 80.2 cm³/mol. The molecule has 0 aromatic rings. The van der Waals surface area contributed by atoms with E-state index in [9.17, 15) is 0 Å². The molecular formula is C15H26N2S. The highest BCUT2D eigenvalue weighted by atomic mass is 32.2. The number of nitrogens with one attached hydrogen (secondary N) is 1. The van der Waals surface area contributed by atoms with Gasteiger partial charge in [-0.2, -0.15) is 0 Å². The highest BCUT2D eigenvalue weighted by Crippen LogP contribution is 2.41. The Hall–Kier alpha value is -0.180. The number of aliphatic imine (C=N–C) groups is 1. The smallest absolute Gasteiger partial charge is 0.156 e. The quantitative estimate of drug-likeness (QED) is 0.780. The molecular weight excluding hydrogens is 240 g/mol. The minimum absolute atomic E-state index is 0.567. The van der Waals surface area contributed by atoms with Crippen LogP contribution in [0.3, 0.4) is 0 Å². The van der Waals surface area contributed by atoms with Gasteiger partial charge in [-0.3, -0.25) is 4.99 Å². The second-order valence-corrected chi connectivity index (χ2v) is 7.69. The Bertz CT molecular complexity index is 320. The molecule has 3 heteroatoms. The number of thioether (sulfide) groups is 1. The van der Waals surface area contributed by atoms with Gasteiger partial charge < -0.3 is 5.32 Å². The molecule has 2 saturated carbocycles. The summed E-state index contributed by atoms with van der Waals surface area (Å²) in [6, 6.07) is 0.701. The van der Waals surface area contributed by atoms with Crippen LogP contribution in [-0.2, 0) is 0 Å². The molecule has 0 aromatic heterocycles. The summed E-state index contributed by atoms with van der Waals surface area (Å²) in [5, 5.41) is 4.92. The molecule has 2 aliphatic carbocycles. The molecule has 2 unspecified atom stereocenters. The molecule has 2 fully saturated rings. The number of hydrogen-bond donors (Lipinski definition) is 1. The van der Waals surface area contributed by atoms with Crippen molar-refractivity contribution in [2.45, 2.75) is 64.3 Å². The van der Waals surface area contributed by atoms with E-state index in [1.807, 2.05) is 11.8 Å². The third-order valence-corrected chi connectivity index (χ3v) is 6.29. The van der Waals surface area contributed by atoms with Crippen LogP contribution in [0.5, 0.6) is 0 Å². The minimum atomic E-state index is 0.567. The van der Waals surface area contributed by atoms with Crippen molar-refractivity contribution >= 4 is 16.9 Å². The van der Waals surface area contributed by atoms with E-state index >= 15 is 0 Å². The molecule has 2 atom stereocenters. The van der Waals surface area contributed by atoms with E-state index in [1.165, 1.54) is 62.3 Å². The normalized spacial score (nSPS) is 35.5. The topological polar surface area (TPSA) is 24.4 Å². The Kier molecular flexibility index (Phi) is 3.88. The van der Waals surface area contributed by atoms with Gasteiger partial charge in [0.25, 0.3) is 0 Å². The van der Waals surface area contributed by atoms with E-state index in [1.54, 1.807) is 0 Å². The molecule has 3 aliphatic rings. The molecule has 1 aliphatic heterocycles. The summed E-state index contributed by atoms with van der Waals surface area (Å²) in [6.07, 6.45) is 11.2. The molecule has 0 radical (unpaired) electrons. The number of amidine groups is 1. The Balaban J connectivity index is 1.53. The molecule has 3 rings (SSSR count). The minimum Gasteiger partial charge on any atom is -0.362 e. The van der Waals surface area contributed by atoms with Crippen molar-refractivity contribution < 1.29 is 0 Å². The first-order valence-electron chi connectivity index (χ1n) is 7.70. The summed E-state index contributed by atoms with van der Waals surface area (Å²) in [6.45, 7) is 3.46. The van der Waals surface area contributed by atoms with Crippen LogP contribution >= 0.6 is 11.8 Å². The van der Waals surface area contributed by atoms with E-state index in [4.69, 9.17) is 4.99 Å². The number of rotatable bonds is 1. The van der Waals surface area contributed by atoms with Crippen LogP contribution in [-0.4, -0.2) is 23.5 Å². The molecule has 0 bridgehead atoms. The van der Waals surface area contributed by atoms with Crippen LogP contribution in [0.25, 0.3) is 0 Å². The van der Waals surface area contributed by atoms with Gasteiger partial charge in [-0.25, -0.2) is 0 Å². The van der Waals surface area contributed by atoms with Crippen molar-refractivity contribution in [1.29, 1.82) is 0 Å². The standard InChI is InChI=1S/C15H26N2S/c1-12-5-6-13(9-12)17-14-16-10-15(11-18-14)7-3-2-4-8-15/h12-13H,2-11H2,1H3,(H,16,17). The Morgan fingerprint density at radius 1 is 1.22 bits per heavy atom. The first-order valence-corrected chi connectivity index (χ1v) is 8.68. The van der Waals surface area contributed by atoms with Crippen LogP contribution in [0.4, 0.5) is 0 Å². The van der Waals surface area contributed by atoms with Crippen molar-refractivity contribution in [3.05, 3.63) is 0 Å². The zero-order chi connectivity index (χ0) is 12.4. The first-order chi connectivity index (χ1) is 8.76. The molecule has 18 heavy (non-hydrogen) atoms. The van der Waals surface area contributed by atoms with Crippen molar-refractivity contribution in [2.24, 2.45) is 16.3 Å². The van der Waals surface area contributed by atoms with Crippen molar-refractivity contribution in [3.8, 4) is 0 Å². The zero-order valence-electron chi connectivity index (χ0n) is 11.6. The maximum absolute atomic E-state index is 4.86. The summed E-state index contributed by atoms with van der Waals surface area (Å²) in [7, 11) is 0. The van der Waals surface area contributed by atoms with Gasteiger partial charge in [0, 0.05) is 18.3 Å². The van der Waals surface area contributed by atoms with E-state index in [0.29, 0.717) is 11.5 Å². The van der Waals surface area contributed by atoms with Crippen molar-refractivity contribution in [3.63, 3.8) is 0 Å². The number of nitrogens with zero attached hydrogens (tertiary/aromatic N) is 1. The van der Waals surface area contributed by atoms with E-state index < -0.39 is 0 Å². The largest absolute Gasteiger partial charge is 0.362 e. The monoisotopic (exact) mass is 266 g/mol. The van der Waals surface area contributed by atoms with Crippen LogP contribution in [0.2, 0.25) is 0 Å². The van der Waals surface area contributed by atoms with Gasteiger partial charge >= 0.3 is 0 Å². The van der Waals surface area contributed by atoms with Gasteiger partial charge in [0.2, 0.25) is 0 Å². The van der Waals surface area contributed by atoms with Gasteiger partial charge in [0.05, 0.1) is 0 Å². The highest BCUT2D eigenvalue weighted by Gasteiger charge is 2.35. The summed E-state index contributed by atoms with van der Waals surface area (Å²) in [4.78, 5) is 4.86. The Morgan fingerprint density at radius 3 is 2.67 bits per heavy atom. The third kappa shape index (κ3) is 2.87. The first kappa shape index (κ1) is 12.8. The van der Waals surface area contributed by atoms with E-state index in [2.05, 4.69) is 12.2 Å². The van der Waals surface area contributed by atoms with Gasteiger partial charge in [0.15, 0.2) is 5.17 Å². The highest BCUT2D eigenvalue weighted by molar-refractivity contribution is 8.13. The van der Waals surface area contributed by atoms with E-state index in [0.717, 1.165) is 12.5 Å². The van der Waals surface area contributed by atoms with Gasteiger partial charge in [0.1, 0.15) is 0 Å². The second kappa shape index (κ2) is 5.44. The van der Waals surface area contributed by atoms with Crippen molar-refractivity contribution in [1.82, 2.24) is 5.32 Å². The van der Waals surface area contributed by atoms with Crippen LogP contribution in [0, 0.1) is 11.3 Å². The lowest BCUT2D eigenvalue weighted by atomic mass is 9.75. The third-order valence-electron chi connectivity index (χ3n) is 5.01. The molecule has 1 spiro atoms. The van der Waals surface area contributed by atoms with Crippen LogP contribution < -0.4 is 5.32 Å². The zero-order valence-corrected chi connectivity index (χ0v) is 12.4. The average molecular weight is 266 g/mol. The number of hydrogen-bond acceptors (Lipinski definition) is 3. The summed E-state index contributed by atoms with van der Waals surface area (Å²) in [5.74, 6) is 2.21. The van der Waals surface area contributed by atoms with Crippen molar-refractivity contribution in [2.75, 3.05) is 12.3 Å². The molecule has 0 aromatic carbocycles. The molecule has 102 valence electrons. The molecule has 2 nitrogen and oxygen atoms in total. The summed E-state index contributed by atoms with van der Waals surface area (Å²) in [5.41, 5.74) is 0.567. The maximum atomic E-state index is 4.86. The SMILES string of the molecule is CC1CCC(NC2=NCC3(CCCCC3)CS2)C1. The fourth-order valence-corrected chi connectivity index (χ4v) is 4.99. The molecule has 0 amide bonds. The molecule has 1 N–H and O–H groups in total. The Labute approximate surface area is 115 Å². The van der Waals surface area contributed by atoms with Crippen LogP contribution in [0.1, 0.15) is 58.3 Å². The van der Waals surface area contributed by atoms with E-state index in [-0.39, 0.29) is 0 Å². The van der Waals surface area contributed by atoms with Crippen LogP contribution in [0.15, 0.2) is 4.99 Å². The lowest BCUT2D eigenvalue weighted by Crippen LogP contribution is -2.39. The molecule has 1 heterocycles.